The Labute approximate surface area is 147 Å². The molecule has 5 heteroatoms. The first-order valence-corrected chi connectivity index (χ1v) is 9.74. The van der Waals surface area contributed by atoms with Crippen LogP contribution in [0.5, 0.6) is 0 Å². The van der Waals surface area contributed by atoms with Crippen LogP contribution in [0.25, 0.3) is 0 Å². The molecular formula is C19H38O5. The molecule has 0 spiro atoms. The number of unbranched alkanes of at least 4 members (excludes halogenated alkanes) is 12. The fourth-order valence-corrected chi connectivity index (χ4v) is 2.66. The van der Waals surface area contributed by atoms with Crippen LogP contribution in [0.2, 0.25) is 0 Å². The van der Waals surface area contributed by atoms with Crippen molar-refractivity contribution in [1.29, 1.82) is 0 Å². The summed E-state index contributed by atoms with van der Waals surface area (Å²) >= 11 is 0. The largest absolute Gasteiger partial charge is 0.428 e. The van der Waals surface area contributed by atoms with E-state index in [-0.39, 0.29) is 6.42 Å². The van der Waals surface area contributed by atoms with Crippen LogP contribution in [0.15, 0.2) is 0 Å². The highest BCUT2D eigenvalue weighted by Crippen LogP contribution is 2.14. The Morgan fingerprint density at radius 3 is 1.50 bits per heavy atom. The van der Waals surface area contributed by atoms with Crippen LogP contribution in [0.1, 0.15) is 96.8 Å². The minimum Gasteiger partial charge on any atom is -0.428 e. The van der Waals surface area contributed by atoms with Gasteiger partial charge in [-0.1, -0.05) is 84.0 Å². The van der Waals surface area contributed by atoms with Crippen LogP contribution >= 0.6 is 0 Å². The van der Waals surface area contributed by atoms with Crippen LogP contribution in [-0.4, -0.2) is 40.3 Å². The summed E-state index contributed by atoms with van der Waals surface area (Å²) in [6, 6.07) is 0. The normalized spacial score (nSPS) is 11.7. The first-order chi connectivity index (χ1) is 11.6. The van der Waals surface area contributed by atoms with Gasteiger partial charge in [0.2, 0.25) is 0 Å². The predicted molar refractivity (Wildman–Crippen MR) is 95.5 cm³/mol. The van der Waals surface area contributed by atoms with Crippen LogP contribution < -0.4 is 0 Å². The van der Waals surface area contributed by atoms with E-state index in [4.69, 9.17) is 10.2 Å². The van der Waals surface area contributed by atoms with E-state index in [1.165, 1.54) is 64.2 Å². The van der Waals surface area contributed by atoms with Crippen molar-refractivity contribution >= 4 is 5.97 Å². The van der Waals surface area contributed by atoms with E-state index < -0.39 is 25.0 Å². The van der Waals surface area contributed by atoms with Crippen molar-refractivity contribution in [3.63, 3.8) is 0 Å². The number of hydrogen-bond acceptors (Lipinski definition) is 5. The van der Waals surface area contributed by atoms with E-state index in [0.717, 1.165) is 12.8 Å². The Balaban J connectivity index is 3.32. The number of aliphatic hydroxyl groups excluding tert-OH is 2. The molecule has 0 fully saturated rings. The molecule has 5 nitrogen and oxygen atoms in total. The summed E-state index contributed by atoms with van der Waals surface area (Å²) in [7, 11) is 0. The molecule has 0 heterocycles. The second-order valence-electron chi connectivity index (χ2n) is 6.73. The highest BCUT2D eigenvalue weighted by Gasteiger charge is 2.29. The van der Waals surface area contributed by atoms with Gasteiger partial charge in [-0.2, -0.15) is 0 Å². The van der Waals surface area contributed by atoms with Crippen LogP contribution in [-0.2, 0) is 9.53 Å². The summed E-state index contributed by atoms with van der Waals surface area (Å²) in [5, 5.41) is 27.1. The third-order valence-electron chi connectivity index (χ3n) is 4.28. The second-order valence-corrected chi connectivity index (χ2v) is 6.73. The van der Waals surface area contributed by atoms with Crippen molar-refractivity contribution < 1.29 is 24.9 Å². The van der Waals surface area contributed by atoms with Crippen LogP contribution in [0, 0.1) is 0 Å². The minimum absolute atomic E-state index is 0.208. The first-order valence-electron chi connectivity index (χ1n) is 9.74. The van der Waals surface area contributed by atoms with Gasteiger partial charge in [0.1, 0.15) is 13.2 Å². The number of carbonyl (C=O) groups is 1. The first kappa shape index (κ1) is 23.4. The lowest BCUT2D eigenvalue weighted by molar-refractivity contribution is -0.236. The Kier molecular flexibility index (Phi) is 15.4. The topological polar surface area (TPSA) is 87.0 Å². The quantitative estimate of drug-likeness (QED) is 0.212. The van der Waals surface area contributed by atoms with Gasteiger partial charge in [-0.3, -0.25) is 4.79 Å². The minimum atomic E-state index is -2.15. The van der Waals surface area contributed by atoms with Gasteiger partial charge in [-0.15, -0.1) is 0 Å². The average Bonchev–Trinajstić information content (AvgIpc) is 2.58. The number of esters is 1. The van der Waals surface area contributed by atoms with Gasteiger partial charge in [0.25, 0.3) is 5.79 Å². The Hall–Kier alpha value is -0.650. The van der Waals surface area contributed by atoms with E-state index in [2.05, 4.69) is 11.7 Å². The van der Waals surface area contributed by atoms with Crippen molar-refractivity contribution in [3.8, 4) is 0 Å². The van der Waals surface area contributed by atoms with E-state index in [9.17, 15) is 9.90 Å². The molecule has 0 atom stereocenters. The summed E-state index contributed by atoms with van der Waals surface area (Å²) in [6.45, 7) is 0.647. The molecular weight excluding hydrogens is 308 g/mol. The van der Waals surface area contributed by atoms with Crippen molar-refractivity contribution in [2.75, 3.05) is 13.2 Å². The molecule has 0 saturated heterocycles. The maximum absolute atomic E-state index is 11.5. The standard InChI is InChI=1S/C19H38O5/c1-2-3-4-5-6-7-8-9-10-11-12-13-14-15-18(22)24-19(23,16-20)17-21/h20-21,23H,2-17H2,1H3. The lowest BCUT2D eigenvalue weighted by Gasteiger charge is -2.23. The lowest BCUT2D eigenvalue weighted by Crippen LogP contribution is -2.42. The molecule has 0 aliphatic carbocycles. The number of rotatable bonds is 17. The van der Waals surface area contributed by atoms with E-state index in [1.807, 2.05) is 0 Å². The summed E-state index contributed by atoms with van der Waals surface area (Å²) in [4.78, 5) is 11.5. The average molecular weight is 347 g/mol. The number of hydrogen-bond donors (Lipinski definition) is 3. The molecule has 0 amide bonds. The van der Waals surface area contributed by atoms with Gasteiger partial charge in [-0.05, 0) is 6.42 Å². The maximum atomic E-state index is 11.5. The Bertz CT molecular complexity index is 289. The van der Waals surface area contributed by atoms with Crippen molar-refractivity contribution in [3.05, 3.63) is 0 Å². The number of ether oxygens (including phenoxy) is 1. The molecule has 0 rings (SSSR count). The Morgan fingerprint density at radius 2 is 1.12 bits per heavy atom. The van der Waals surface area contributed by atoms with E-state index in [1.54, 1.807) is 0 Å². The molecule has 0 aromatic rings. The number of aliphatic hydroxyl groups is 3. The third kappa shape index (κ3) is 13.8. The molecule has 0 aromatic heterocycles. The van der Waals surface area contributed by atoms with E-state index >= 15 is 0 Å². The molecule has 3 N–H and O–H groups in total. The summed E-state index contributed by atoms with van der Waals surface area (Å²) in [5.74, 6) is -2.73. The SMILES string of the molecule is CCCCCCCCCCCCCCCC(=O)OC(O)(CO)CO. The molecule has 0 unspecified atom stereocenters. The molecule has 0 aromatic carbocycles. The van der Waals surface area contributed by atoms with Crippen molar-refractivity contribution in [2.24, 2.45) is 0 Å². The van der Waals surface area contributed by atoms with Gasteiger partial charge in [0, 0.05) is 6.42 Å². The monoisotopic (exact) mass is 346 g/mol. The molecule has 0 aliphatic heterocycles. The molecule has 0 aliphatic rings. The zero-order valence-corrected chi connectivity index (χ0v) is 15.5. The van der Waals surface area contributed by atoms with Gasteiger partial charge in [-0.25, -0.2) is 0 Å². The zero-order valence-electron chi connectivity index (χ0n) is 15.5. The molecule has 0 saturated carbocycles. The fraction of sp³-hybridized carbons (Fsp3) is 0.947. The molecule has 0 bridgehead atoms. The van der Waals surface area contributed by atoms with Crippen LogP contribution in [0.4, 0.5) is 0 Å². The summed E-state index contributed by atoms with van der Waals surface area (Å²) in [5.41, 5.74) is 0. The summed E-state index contributed by atoms with van der Waals surface area (Å²) in [6.07, 6.45) is 16.2. The Morgan fingerprint density at radius 1 is 0.750 bits per heavy atom. The van der Waals surface area contributed by atoms with Crippen molar-refractivity contribution in [2.45, 2.75) is 103 Å². The van der Waals surface area contributed by atoms with Gasteiger partial charge in [0.05, 0.1) is 0 Å². The lowest BCUT2D eigenvalue weighted by atomic mass is 10.0. The second kappa shape index (κ2) is 15.9. The van der Waals surface area contributed by atoms with Gasteiger partial charge < -0.3 is 20.1 Å². The third-order valence-corrected chi connectivity index (χ3v) is 4.28. The predicted octanol–water partition coefficient (Wildman–Crippen LogP) is 3.68. The fourth-order valence-electron chi connectivity index (χ4n) is 2.66. The number of carbonyl (C=O) groups excluding carboxylic acids is 1. The zero-order chi connectivity index (χ0) is 18.1. The van der Waals surface area contributed by atoms with Crippen LogP contribution in [0.3, 0.4) is 0 Å². The van der Waals surface area contributed by atoms with Gasteiger partial charge in [0.15, 0.2) is 0 Å². The highest BCUT2D eigenvalue weighted by atomic mass is 16.7. The highest BCUT2D eigenvalue weighted by molar-refractivity contribution is 5.69. The smallest absolute Gasteiger partial charge is 0.308 e. The molecule has 0 radical (unpaired) electrons. The van der Waals surface area contributed by atoms with Crippen molar-refractivity contribution in [1.82, 2.24) is 0 Å². The van der Waals surface area contributed by atoms with Gasteiger partial charge >= 0.3 is 5.97 Å². The van der Waals surface area contributed by atoms with E-state index in [0.29, 0.717) is 6.42 Å². The molecule has 24 heavy (non-hydrogen) atoms. The summed E-state index contributed by atoms with van der Waals surface area (Å²) < 4.78 is 4.66. The molecule has 144 valence electrons. The maximum Gasteiger partial charge on any atom is 0.308 e.